The molecule has 0 heterocycles. The van der Waals surface area contributed by atoms with Crippen LogP contribution < -0.4 is 0 Å². The fraction of sp³-hybridized carbons (Fsp3) is 0.167. The normalized spacial score (nSPS) is 11.1. The van der Waals surface area contributed by atoms with E-state index in [-0.39, 0.29) is 0 Å². The summed E-state index contributed by atoms with van der Waals surface area (Å²) in [5.74, 6) is -1.47. The molecule has 0 aromatic heterocycles. The molecule has 0 saturated carbocycles. The van der Waals surface area contributed by atoms with Crippen LogP contribution in [-0.4, -0.2) is 39.2 Å². The molecule has 0 spiro atoms. The van der Waals surface area contributed by atoms with Gasteiger partial charge in [0.25, 0.3) is 0 Å². The summed E-state index contributed by atoms with van der Waals surface area (Å²) in [7, 11) is 3.85. The maximum absolute atomic E-state index is 11.3. The van der Waals surface area contributed by atoms with Crippen molar-refractivity contribution in [2.45, 2.75) is 0 Å². The van der Waals surface area contributed by atoms with Crippen molar-refractivity contribution in [1.82, 2.24) is 0 Å². The molecule has 126 valence electrons. The standard InChI is InChI=1S/C18H18O6/c1-22-16(19)9-5-13-4-6-14(7-10-17(20)23-2)15(12-13)8-11-18(21)24-3/h4-12H,1-3H3/b9-5+,10-7+,11-8+. The van der Waals surface area contributed by atoms with E-state index in [2.05, 4.69) is 14.2 Å². The Kier molecular flexibility index (Phi) is 7.70. The van der Waals surface area contributed by atoms with E-state index in [1.54, 1.807) is 36.4 Å². The third kappa shape index (κ3) is 6.31. The number of hydrogen-bond acceptors (Lipinski definition) is 6. The molecule has 0 aliphatic heterocycles. The molecule has 0 bridgehead atoms. The summed E-state index contributed by atoms with van der Waals surface area (Å²) in [6.45, 7) is 0. The molecule has 0 amide bonds. The lowest BCUT2D eigenvalue weighted by Crippen LogP contribution is -1.95. The highest BCUT2D eigenvalue weighted by Gasteiger charge is 2.02. The Morgan fingerprint density at radius 3 is 1.67 bits per heavy atom. The number of carbonyl (C=O) groups excluding carboxylic acids is 3. The first kappa shape index (κ1) is 18.9. The maximum Gasteiger partial charge on any atom is 0.330 e. The van der Waals surface area contributed by atoms with Gasteiger partial charge < -0.3 is 14.2 Å². The minimum Gasteiger partial charge on any atom is -0.466 e. The van der Waals surface area contributed by atoms with E-state index in [9.17, 15) is 14.4 Å². The van der Waals surface area contributed by atoms with Gasteiger partial charge in [0, 0.05) is 18.2 Å². The lowest BCUT2D eigenvalue weighted by Gasteiger charge is -2.04. The number of benzene rings is 1. The van der Waals surface area contributed by atoms with E-state index in [0.29, 0.717) is 11.1 Å². The van der Waals surface area contributed by atoms with Crippen LogP contribution in [-0.2, 0) is 28.6 Å². The minimum atomic E-state index is -0.506. The van der Waals surface area contributed by atoms with Gasteiger partial charge in [0.2, 0.25) is 0 Å². The van der Waals surface area contributed by atoms with Gasteiger partial charge in [-0.15, -0.1) is 0 Å². The predicted molar refractivity (Wildman–Crippen MR) is 89.6 cm³/mol. The Balaban J connectivity index is 3.18. The molecule has 6 heteroatoms. The van der Waals surface area contributed by atoms with E-state index < -0.39 is 17.9 Å². The monoisotopic (exact) mass is 330 g/mol. The zero-order valence-corrected chi connectivity index (χ0v) is 13.6. The Morgan fingerprint density at radius 1 is 0.708 bits per heavy atom. The molecular weight excluding hydrogens is 312 g/mol. The van der Waals surface area contributed by atoms with Crippen LogP contribution in [0.25, 0.3) is 18.2 Å². The molecule has 1 aromatic carbocycles. The van der Waals surface area contributed by atoms with Gasteiger partial charge in [0.05, 0.1) is 21.3 Å². The Labute approximate surface area is 140 Å². The first-order valence-electron chi connectivity index (χ1n) is 6.92. The van der Waals surface area contributed by atoms with Crippen molar-refractivity contribution in [3.8, 4) is 0 Å². The fourth-order valence-electron chi connectivity index (χ4n) is 1.68. The second-order valence-corrected chi connectivity index (χ2v) is 4.46. The number of rotatable bonds is 6. The van der Waals surface area contributed by atoms with E-state index in [4.69, 9.17) is 0 Å². The summed E-state index contributed by atoms with van der Waals surface area (Å²) in [4.78, 5) is 33.6. The second kappa shape index (κ2) is 9.78. The molecule has 0 fully saturated rings. The molecule has 0 aliphatic carbocycles. The molecule has 0 saturated heterocycles. The number of carbonyl (C=O) groups is 3. The van der Waals surface area contributed by atoms with Crippen LogP contribution >= 0.6 is 0 Å². The fourth-order valence-corrected chi connectivity index (χ4v) is 1.68. The largest absolute Gasteiger partial charge is 0.466 e. The number of esters is 3. The summed E-state index contributed by atoms with van der Waals surface area (Å²) < 4.78 is 13.6. The van der Waals surface area contributed by atoms with Gasteiger partial charge in [0.15, 0.2) is 0 Å². The lowest BCUT2D eigenvalue weighted by atomic mass is 10.0. The topological polar surface area (TPSA) is 78.9 Å². The molecule has 1 rings (SSSR count). The van der Waals surface area contributed by atoms with Gasteiger partial charge in [-0.3, -0.25) is 0 Å². The van der Waals surface area contributed by atoms with Gasteiger partial charge in [-0.1, -0.05) is 12.1 Å². The van der Waals surface area contributed by atoms with Crippen LogP contribution in [0.4, 0.5) is 0 Å². The molecule has 0 atom stereocenters. The highest BCUT2D eigenvalue weighted by molar-refractivity contribution is 5.91. The van der Waals surface area contributed by atoms with Gasteiger partial charge in [-0.2, -0.15) is 0 Å². The summed E-state index contributed by atoms with van der Waals surface area (Å²) in [5, 5.41) is 0. The molecule has 1 aromatic rings. The minimum absolute atomic E-state index is 0.476. The quantitative estimate of drug-likeness (QED) is 0.452. The van der Waals surface area contributed by atoms with Crippen LogP contribution in [0, 0.1) is 0 Å². The molecule has 0 unspecified atom stereocenters. The molecule has 24 heavy (non-hydrogen) atoms. The highest BCUT2D eigenvalue weighted by atomic mass is 16.5. The summed E-state index contributed by atoms with van der Waals surface area (Å²) in [6.07, 6.45) is 8.52. The van der Waals surface area contributed by atoms with Crippen LogP contribution in [0.3, 0.4) is 0 Å². The molecular formula is C18H18O6. The van der Waals surface area contributed by atoms with Crippen LogP contribution in [0.1, 0.15) is 16.7 Å². The average molecular weight is 330 g/mol. The number of methoxy groups -OCH3 is 3. The van der Waals surface area contributed by atoms with Crippen molar-refractivity contribution in [3.05, 3.63) is 53.1 Å². The van der Waals surface area contributed by atoms with Crippen molar-refractivity contribution in [2.75, 3.05) is 21.3 Å². The molecule has 6 nitrogen and oxygen atoms in total. The van der Waals surface area contributed by atoms with Crippen molar-refractivity contribution in [2.24, 2.45) is 0 Å². The van der Waals surface area contributed by atoms with E-state index >= 15 is 0 Å². The molecule has 0 radical (unpaired) electrons. The van der Waals surface area contributed by atoms with E-state index in [1.165, 1.54) is 39.6 Å². The summed E-state index contributed by atoms with van der Waals surface area (Å²) in [6, 6.07) is 5.25. The van der Waals surface area contributed by atoms with Crippen molar-refractivity contribution >= 4 is 36.1 Å². The smallest absolute Gasteiger partial charge is 0.330 e. The van der Waals surface area contributed by atoms with Crippen molar-refractivity contribution in [1.29, 1.82) is 0 Å². The van der Waals surface area contributed by atoms with Gasteiger partial charge in [0.1, 0.15) is 0 Å². The third-order valence-corrected chi connectivity index (χ3v) is 2.92. The van der Waals surface area contributed by atoms with Gasteiger partial charge >= 0.3 is 17.9 Å². The lowest BCUT2D eigenvalue weighted by molar-refractivity contribution is -0.135. The Morgan fingerprint density at radius 2 is 1.17 bits per heavy atom. The van der Waals surface area contributed by atoms with Crippen LogP contribution in [0.2, 0.25) is 0 Å². The van der Waals surface area contributed by atoms with Crippen LogP contribution in [0.5, 0.6) is 0 Å². The third-order valence-electron chi connectivity index (χ3n) is 2.92. The zero-order chi connectivity index (χ0) is 17.9. The Hall–Kier alpha value is -3.15. The zero-order valence-electron chi connectivity index (χ0n) is 13.6. The Bertz CT molecular complexity index is 697. The predicted octanol–water partition coefficient (Wildman–Crippen LogP) is 2.25. The average Bonchev–Trinajstić information content (AvgIpc) is 2.62. The van der Waals surface area contributed by atoms with E-state index in [0.717, 1.165) is 5.56 Å². The highest BCUT2D eigenvalue weighted by Crippen LogP contribution is 2.17. The molecule has 0 aliphatic rings. The van der Waals surface area contributed by atoms with Gasteiger partial charge in [-0.05, 0) is 41.0 Å². The van der Waals surface area contributed by atoms with Crippen LogP contribution in [0.15, 0.2) is 36.4 Å². The van der Waals surface area contributed by atoms with Gasteiger partial charge in [-0.25, -0.2) is 14.4 Å². The first-order valence-corrected chi connectivity index (χ1v) is 6.92. The number of hydrogen-bond donors (Lipinski definition) is 0. The SMILES string of the molecule is COC(=O)/C=C/c1ccc(/C=C/C(=O)OC)c(/C=C/C(=O)OC)c1. The second-order valence-electron chi connectivity index (χ2n) is 4.46. The summed E-state index contributed by atoms with van der Waals surface area (Å²) >= 11 is 0. The molecule has 0 N–H and O–H groups in total. The summed E-state index contributed by atoms with van der Waals surface area (Å²) in [5.41, 5.74) is 2.07. The number of ether oxygens (including phenoxy) is 3. The maximum atomic E-state index is 11.3. The van der Waals surface area contributed by atoms with E-state index in [1.807, 2.05) is 0 Å². The van der Waals surface area contributed by atoms with Crippen molar-refractivity contribution < 1.29 is 28.6 Å². The first-order chi connectivity index (χ1) is 11.5. The van der Waals surface area contributed by atoms with Crippen molar-refractivity contribution in [3.63, 3.8) is 0 Å².